The van der Waals surface area contributed by atoms with Crippen LogP contribution in [0.1, 0.15) is 13.8 Å². The maximum atomic E-state index is 13.8. The van der Waals surface area contributed by atoms with Crippen LogP contribution in [-0.2, 0) is 10.0 Å². The van der Waals surface area contributed by atoms with Crippen molar-refractivity contribution in [3.63, 3.8) is 0 Å². The van der Waals surface area contributed by atoms with Gasteiger partial charge in [-0.1, -0.05) is 0 Å². The number of nitrogens with zero attached hydrogens (tertiary/aromatic N) is 1. The summed E-state index contributed by atoms with van der Waals surface area (Å²) in [6, 6.07) is 1.35. The molecule has 1 aliphatic heterocycles. The largest absolute Gasteiger partial charge is 0.396 e. The SMILES string of the molecule is CC1(C)CN(S(=O)(=O)c2cc(N)c(F)cc2F)CCS1. The second kappa shape index (κ2) is 5.16. The quantitative estimate of drug-likeness (QED) is 0.847. The number of hydrogen-bond donors (Lipinski definition) is 1. The van der Waals surface area contributed by atoms with E-state index in [4.69, 9.17) is 5.73 Å². The van der Waals surface area contributed by atoms with Gasteiger partial charge in [-0.15, -0.1) is 0 Å². The molecule has 0 unspecified atom stereocenters. The smallest absolute Gasteiger partial charge is 0.246 e. The van der Waals surface area contributed by atoms with Crippen LogP contribution in [0.15, 0.2) is 17.0 Å². The molecule has 0 bridgehead atoms. The molecule has 112 valence electrons. The van der Waals surface area contributed by atoms with Crippen molar-refractivity contribution in [2.45, 2.75) is 23.5 Å². The number of thioether (sulfide) groups is 1. The first-order valence-corrected chi connectivity index (χ1v) is 8.45. The van der Waals surface area contributed by atoms with Gasteiger partial charge in [0.2, 0.25) is 10.0 Å². The van der Waals surface area contributed by atoms with Gasteiger partial charge in [-0.3, -0.25) is 0 Å². The Morgan fingerprint density at radius 2 is 1.95 bits per heavy atom. The second-order valence-corrected chi connectivity index (χ2v) is 8.96. The van der Waals surface area contributed by atoms with E-state index in [1.54, 1.807) is 11.8 Å². The Kier molecular flexibility index (Phi) is 4.01. The van der Waals surface area contributed by atoms with Gasteiger partial charge in [0, 0.05) is 29.7 Å². The van der Waals surface area contributed by atoms with Crippen LogP contribution in [0.5, 0.6) is 0 Å². The van der Waals surface area contributed by atoms with Crippen LogP contribution in [0, 0.1) is 11.6 Å². The number of halogens is 2. The minimum absolute atomic E-state index is 0.243. The van der Waals surface area contributed by atoms with Gasteiger partial charge in [-0.2, -0.15) is 16.1 Å². The molecule has 8 heteroatoms. The molecule has 0 atom stereocenters. The highest BCUT2D eigenvalue weighted by Crippen LogP contribution is 2.33. The number of anilines is 1. The average Bonchev–Trinajstić information content (AvgIpc) is 2.32. The zero-order valence-electron chi connectivity index (χ0n) is 11.2. The molecule has 0 spiro atoms. The summed E-state index contributed by atoms with van der Waals surface area (Å²) in [5.74, 6) is -1.45. The molecule has 1 aromatic rings. The van der Waals surface area contributed by atoms with Crippen molar-refractivity contribution in [3.8, 4) is 0 Å². The summed E-state index contributed by atoms with van der Waals surface area (Å²) in [5.41, 5.74) is 4.96. The highest BCUT2D eigenvalue weighted by Gasteiger charge is 2.36. The fourth-order valence-corrected chi connectivity index (χ4v) is 5.05. The number of benzene rings is 1. The molecule has 0 aliphatic carbocycles. The summed E-state index contributed by atoms with van der Waals surface area (Å²) >= 11 is 1.66. The van der Waals surface area contributed by atoms with E-state index in [2.05, 4.69) is 0 Å². The van der Waals surface area contributed by atoms with Crippen molar-refractivity contribution in [2.24, 2.45) is 0 Å². The topological polar surface area (TPSA) is 63.4 Å². The molecular weight excluding hydrogens is 306 g/mol. The summed E-state index contributed by atoms with van der Waals surface area (Å²) in [7, 11) is -4.00. The van der Waals surface area contributed by atoms with E-state index >= 15 is 0 Å². The Labute approximate surface area is 121 Å². The third-order valence-electron chi connectivity index (χ3n) is 3.06. The van der Waals surface area contributed by atoms with E-state index in [1.165, 1.54) is 4.31 Å². The van der Waals surface area contributed by atoms with Gasteiger partial charge in [0.25, 0.3) is 0 Å². The predicted molar refractivity (Wildman–Crippen MR) is 76.1 cm³/mol. The summed E-state index contributed by atoms with van der Waals surface area (Å²) in [6.45, 7) is 4.42. The molecule has 0 saturated carbocycles. The molecule has 20 heavy (non-hydrogen) atoms. The zero-order chi connectivity index (χ0) is 15.1. The molecule has 1 fully saturated rings. The molecule has 0 aromatic heterocycles. The lowest BCUT2D eigenvalue weighted by Gasteiger charge is -2.36. The average molecular weight is 322 g/mol. The van der Waals surface area contributed by atoms with Crippen LogP contribution in [0.2, 0.25) is 0 Å². The van der Waals surface area contributed by atoms with Gasteiger partial charge in [0.05, 0.1) is 5.69 Å². The minimum atomic E-state index is -4.00. The Bertz CT molecular complexity index is 633. The van der Waals surface area contributed by atoms with Gasteiger partial charge in [0.15, 0.2) is 0 Å². The number of rotatable bonds is 2. The Balaban J connectivity index is 2.43. The number of nitrogens with two attached hydrogens (primary N) is 1. The van der Waals surface area contributed by atoms with Crippen LogP contribution in [0.4, 0.5) is 14.5 Å². The molecule has 4 nitrogen and oxygen atoms in total. The third kappa shape index (κ3) is 2.91. The first-order valence-electron chi connectivity index (χ1n) is 6.02. The second-order valence-electron chi connectivity index (χ2n) is 5.25. The number of hydrogen-bond acceptors (Lipinski definition) is 4. The summed E-state index contributed by atoms with van der Waals surface area (Å²) in [4.78, 5) is -0.570. The maximum absolute atomic E-state index is 13.8. The molecule has 1 saturated heterocycles. The van der Waals surface area contributed by atoms with E-state index in [0.29, 0.717) is 18.4 Å². The van der Waals surface area contributed by atoms with Crippen LogP contribution < -0.4 is 5.73 Å². The predicted octanol–water partition coefficient (Wildman–Crippen LogP) is 2.06. The van der Waals surface area contributed by atoms with E-state index < -0.39 is 26.6 Å². The Morgan fingerprint density at radius 3 is 2.55 bits per heavy atom. The summed E-state index contributed by atoms with van der Waals surface area (Å²) in [5, 5.41) is 0. The van der Waals surface area contributed by atoms with Crippen LogP contribution in [0.25, 0.3) is 0 Å². The zero-order valence-corrected chi connectivity index (χ0v) is 12.8. The molecule has 0 amide bonds. The van der Waals surface area contributed by atoms with E-state index in [0.717, 1.165) is 6.07 Å². The molecule has 1 aromatic carbocycles. The van der Waals surface area contributed by atoms with Gasteiger partial charge < -0.3 is 5.73 Å². The van der Waals surface area contributed by atoms with Crippen molar-refractivity contribution in [1.82, 2.24) is 4.31 Å². The van der Waals surface area contributed by atoms with Crippen molar-refractivity contribution in [2.75, 3.05) is 24.6 Å². The summed E-state index contributed by atoms with van der Waals surface area (Å²) < 4.78 is 52.8. The van der Waals surface area contributed by atoms with Crippen LogP contribution in [0.3, 0.4) is 0 Å². The lowest BCUT2D eigenvalue weighted by molar-refractivity contribution is 0.385. The highest BCUT2D eigenvalue weighted by molar-refractivity contribution is 8.00. The van der Waals surface area contributed by atoms with Crippen molar-refractivity contribution < 1.29 is 17.2 Å². The lowest BCUT2D eigenvalue weighted by Crippen LogP contribution is -2.46. The normalized spacial score (nSPS) is 20.0. The fourth-order valence-electron chi connectivity index (χ4n) is 2.06. The molecule has 1 heterocycles. The molecular formula is C12H16F2N2O2S2. The standard InChI is InChI=1S/C12H16F2N2O2S2/c1-12(2)7-16(3-4-19-12)20(17,18)11-6-10(15)8(13)5-9(11)14/h5-6H,3-4,7,15H2,1-2H3. The van der Waals surface area contributed by atoms with Crippen LogP contribution in [-0.4, -0.2) is 36.3 Å². The highest BCUT2D eigenvalue weighted by atomic mass is 32.2. The molecule has 2 N–H and O–H groups in total. The van der Waals surface area contributed by atoms with Gasteiger partial charge in [-0.05, 0) is 19.9 Å². The van der Waals surface area contributed by atoms with Crippen LogP contribution >= 0.6 is 11.8 Å². The minimum Gasteiger partial charge on any atom is -0.396 e. The summed E-state index contributed by atoms with van der Waals surface area (Å²) in [6.07, 6.45) is 0. The number of nitrogen functional groups attached to an aromatic ring is 1. The molecule has 1 aliphatic rings. The Hall–Kier alpha value is -0.860. The van der Waals surface area contributed by atoms with Crippen molar-refractivity contribution >= 4 is 27.5 Å². The molecule has 2 rings (SSSR count). The van der Waals surface area contributed by atoms with E-state index in [9.17, 15) is 17.2 Å². The maximum Gasteiger partial charge on any atom is 0.246 e. The third-order valence-corrected chi connectivity index (χ3v) is 6.22. The fraction of sp³-hybridized carbons (Fsp3) is 0.500. The van der Waals surface area contributed by atoms with E-state index in [-0.39, 0.29) is 17.0 Å². The molecule has 0 radical (unpaired) electrons. The van der Waals surface area contributed by atoms with Gasteiger partial charge in [0.1, 0.15) is 16.5 Å². The monoisotopic (exact) mass is 322 g/mol. The van der Waals surface area contributed by atoms with Gasteiger partial charge in [-0.25, -0.2) is 17.2 Å². The van der Waals surface area contributed by atoms with Crippen molar-refractivity contribution in [1.29, 1.82) is 0 Å². The first-order chi connectivity index (χ1) is 9.13. The number of sulfonamides is 1. The first kappa shape index (κ1) is 15.5. The lowest BCUT2D eigenvalue weighted by atomic mass is 10.2. The van der Waals surface area contributed by atoms with Crippen molar-refractivity contribution in [3.05, 3.63) is 23.8 Å². The van der Waals surface area contributed by atoms with Gasteiger partial charge >= 0.3 is 0 Å². The van der Waals surface area contributed by atoms with E-state index in [1.807, 2.05) is 13.8 Å². The Morgan fingerprint density at radius 1 is 1.30 bits per heavy atom.